The summed E-state index contributed by atoms with van der Waals surface area (Å²) in [5.41, 5.74) is 2.28. The summed E-state index contributed by atoms with van der Waals surface area (Å²) in [6.45, 7) is 5.20. The molecule has 0 aromatic heterocycles. The molecule has 2 aromatic rings. The molecule has 0 spiro atoms. The quantitative estimate of drug-likeness (QED) is 0.698. The van der Waals surface area contributed by atoms with Crippen molar-refractivity contribution in [1.82, 2.24) is 4.90 Å². The summed E-state index contributed by atoms with van der Waals surface area (Å²) < 4.78 is 1.09. The number of halogens is 1. The van der Waals surface area contributed by atoms with E-state index in [2.05, 4.69) is 64.3 Å². The highest BCUT2D eigenvalue weighted by atomic mass is 79.9. The van der Waals surface area contributed by atoms with Gasteiger partial charge in [-0.05, 0) is 55.4 Å². The lowest BCUT2D eigenvalue weighted by Gasteiger charge is -2.31. The third-order valence-corrected chi connectivity index (χ3v) is 4.54. The average Bonchev–Trinajstić information content (AvgIpc) is 2.54. The number of para-hydroxylation sites is 1. The molecule has 4 heteroatoms. The van der Waals surface area contributed by atoms with Crippen LogP contribution in [0.25, 0.3) is 0 Å². The molecule has 1 N–H and O–H groups in total. The minimum Gasteiger partial charge on any atom is -0.342 e. The van der Waals surface area contributed by atoms with E-state index < -0.39 is 0 Å². The molecule has 2 aromatic carbocycles. The van der Waals surface area contributed by atoms with Gasteiger partial charge in [0.05, 0.1) is 0 Å². The lowest BCUT2D eigenvalue weighted by atomic mass is 10.1. The Morgan fingerprint density at radius 1 is 1.14 bits per heavy atom. The van der Waals surface area contributed by atoms with Gasteiger partial charge in [0.2, 0.25) is 0 Å². The number of rotatable bonds is 5. The SMILES string of the molecule is CCC(C)N(Cc1ccc(Br)cc1)C(=S)Nc1ccccc1. The van der Waals surface area contributed by atoms with Gasteiger partial charge in [-0.2, -0.15) is 0 Å². The summed E-state index contributed by atoms with van der Waals surface area (Å²) in [5.74, 6) is 0. The molecule has 0 fully saturated rings. The van der Waals surface area contributed by atoms with E-state index in [1.54, 1.807) is 0 Å². The third kappa shape index (κ3) is 4.82. The van der Waals surface area contributed by atoms with Crippen LogP contribution in [0.3, 0.4) is 0 Å². The summed E-state index contributed by atoms with van der Waals surface area (Å²) in [6.07, 6.45) is 1.05. The van der Waals surface area contributed by atoms with Crippen molar-refractivity contribution >= 4 is 38.9 Å². The van der Waals surface area contributed by atoms with Gasteiger partial charge in [-0.3, -0.25) is 0 Å². The largest absolute Gasteiger partial charge is 0.342 e. The normalized spacial score (nSPS) is 11.8. The molecule has 1 unspecified atom stereocenters. The van der Waals surface area contributed by atoms with E-state index in [0.717, 1.165) is 28.2 Å². The van der Waals surface area contributed by atoms with E-state index in [4.69, 9.17) is 12.2 Å². The first-order valence-corrected chi connectivity index (χ1v) is 8.67. The van der Waals surface area contributed by atoms with Crippen molar-refractivity contribution in [1.29, 1.82) is 0 Å². The van der Waals surface area contributed by atoms with Crippen LogP contribution in [0.4, 0.5) is 5.69 Å². The topological polar surface area (TPSA) is 15.3 Å². The zero-order valence-electron chi connectivity index (χ0n) is 12.9. The molecule has 0 saturated heterocycles. The second-order valence-electron chi connectivity index (χ2n) is 5.31. The van der Waals surface area contributed by atoms with E-state index in [-0.39, 0.29) is 0 Å². The Morgan fingerprint density at radius 2 is 1.77 bits per heavy atom. The summed E-state index contributed by atoms with van der Waals surface area (Å²) in [7, 11) is 0. The molecule has 116 valence electrons. The molecule has 2 nitrogen and oxygen atoms in total. The predicted molar refractivity (Wildman–Crippen MR) is 102 cm³/mol. The van der Waals surface area contributed by atoms with Crippen molar-refractivity contribution < 1.29 is 0 Å². The van der Waals surface area contributed by atoms with Crippen molar-refractivity contribution in [3.8, 4) is 0 Å². The highest BCUT2D eigenvalue weighted by Crippen LogP contribution is 2.16. The minimum atomic E-state index is 0.382. The smallest absolute Gasteiger partial charge is 0.173 e. The maximum Gasteiger partial charge on any atom is 0.173 e. The Labute approximate surface area is 146 Å². The van der Waals surface area contributed by atoms with E-state index in [1.165, 1.54) is 5.56 Å². The summed E-state index contributed by atoms with van der Waals surface area (Å²) >= 11 is 9.11. The van der Waals surface area contributed by atoms with Crippen LogP contribution in [0.1, 0.15) is 25.8 Å². The van der Waals surface area contributed by atoms with E-state index in [0.29, 0.717) is 6.04 Å². The van der Waals surface area contributed by atoms with Crippen LogP contribution in [-0.2, 0) is 6.54 Å². The number of nitrogens with zero attached hydrogens (tertiary/aromatic N) is 1. The van der Waals surface area contributed by atoms with Gasteiger partial charge in [0, 0.05) is 22.7 Å². The second-order valence-corrected chi connectivity index (χ2v) is 6.61. The van der Waals surface area contributed by atoms with Gasteiger partial charge < -0.3 is 10.2 Å². The molecule has 0 heterocycles. The van der Waals surface area contributed by atoms with Crippen molar-refractivity contribution in [2.45, 2.75) is 32.9 Å². The zero-order valence-corrected chi connectivity index (χ0v) is 15.3. The number of nitrogens with one attached hydrogen (secondary N) is 1. The van der Waals surface area contributed by atoms with Crippen LogP contribution in [0, 0.1) is 0 Å². The molecular weight excluding hydrogens is 356 g/mol. The van der Waals surface area contributed by atoms with Crippen LogP contribution in [0.2, 0.25) is 0 Å². The van der Waals surface area contributed by atoms with Gasteiger partial charge in [0.15, 0.2) is 5.11 Å². The fourth-order valence-corrected chi connectivity index (χ4v) is 2.78. The number of anilines is 1. The molecular formula is C18H21BrN2S. The van der Waals surface area contributed by atoms with Crippen molar-refractivity contribution in [2.24, 2.45) is 0 Å². The molecule has 0 amide bonds. The molecule has 2 rings (SSSR count). The number of hydrogen-bond acceptors (Lipinski definition) is 1. The van der Waals surface area contributed by atoms with Crippen LogP contribution in [0.5, 0.6) is 0 Å². The zero-order chi connectivity index (χ0) is 15.9. The van der Waals surface area contributed by atoms with Gasteiger partial charge in [-0.25, -0.2) is 0 Å². The molecule has 22 heavy (non-hydrogen) atoms. The van der Waals surface area contributed by atoms with Crippen LogP contribution >= 0.6 is 28.1 Å². The first kappa shape index (κ1) is 17.0. The molecule has 0 aliphatic carbocycles. The summed E-state index contributed by atoms with van der Waals surface area (Å²) in [6, 6.07) is 18.8. The van der Waals surface area contributed by atoms with Crippen molar-refractivity contribution in [3.63, 3.8) is 0 Å². The Kier molecular flexibility index (Phi) is 6.40. The molecule has 0 bridgehead atoms. The van der Waals surface area contributed by atoms with Gasteiger partial charge in [0.25, 0.3) is 0 Å². The lowest BCUT2D eigenvalue weighted by Crippen LogP contribution is -2.40. The number of benzene rings is 2. The lowest BCUT2D eigenvalue weighted by molar-refractivity contribution is 0.320. The Bertz CT molecular complexity index is 598. The van der Waals surface area contributed by atoms with Gasteiger partial charge in [0.1, 0.15) is 0 Å². The fourth-order valence-electron chi connectivity index (χ4n) is 2.15. The van der Waals surface area contributed by atoms with E-state index in [9.17, 15) is 0 Å². The molecule has 0 aliphatic heterocycles. The van der Waals surface area contributed by atoms with Crippen molar-refractivity contribution in [2.75, 3.05) is 5.32 Å². The van der Waals surface area contributed by atoms with E-state index in [1.807, 2.05) is 30.3 Å². The number of hydrogen-bond donors (Lipinski definition) is 1. The Balaban J connectivity index is 2.11. The first-order valence-electron chi connectivity index (χ1n) is 7.47. The molecule has 1 atom stereocenters. The number of thiocarbonyl (C=S) groups is 1. The third-order valence-electron chi connectivity index (χ3n) is 3.67. The van der Waals surface area contributed by atoms with Crippen LogP contribution in [0.15, 0.2) is 59.1 Å². The Morgan fingerprint density at radius 3 is 2.36 bits per heavy atom. The van der Waals surface area contributed by atoms with Crippen molar-refractivity contribution in [3.05, 3.63) is 64.6 Å². The highest BCUT2D eigenvalue weighted by Gasteiger charge is 2.16. The summed E-state index contributed by atoms with van der Waals surface area (Å²) in [4.78, 5) is 2.24. The average molecular weight is 377 g/mol. The fraction of sp³-hybridized carbons (Fsp3) is 0.278. The monoisotopic (exact) mass is 376 g/mol. The standard InChI is InChI=1S/C18H21BrN2S/c1-3-14(2)21(13-15-9-11-16(19)12-10-15)18(22)20-17-7-5-4-6-8-17/h4-12,14H,3,13H2,1-2H3,(H,20,22). The first-order chi connectivity index (χ1) is 10.6. The van der Waals surface area contributed by atoms with Crippen LogP contribution in [-0.4, -0.2) is 16.1 Å². The highest BCUT2D eigenvalue weighted by molar-refractivity contribution is 9.10. The molecule has 0 radical (unpaired) electrons. The predicted octanol–water partition coefficient (Wildman–Crippen LogP) is 5.45. The van der Waals surface area contributed by atoms with E-state index >= 15 is 0 Å². The van der Waals surface area contributed by atoms with Crippen LogP contribution < -0.4 is 5.32 Å². The second kappa shape index (κ2) is 8.30. The molecule has 0 saturated carbocycles. The maximum atomic E-state index is 5.63. The van der Waals surface area contributed by atoms with Gasteiger partial charge in [-0.15, -0.1) is 0 Å². The van der Waals surface area contributed by atoms with Gasteiger partial charge >= 0.3 is 0 Å². The Hall–Kier alpha value is -1.39. The minimum absolute atomic E-state index is 0.382. The van der Waals surface area contributed by atoms with Gasteiger partial charge in [-0.1, -0.05) is 53.2 Å². The summed E-state index contributed by atoms with van der Waals surface area (Å²) in [5, 5.41) is 4.10. The maximum absolute atomic E-state index is 5.63. The molecule has 0 aliphatic rings.